The second-order valence-corrected chi connectivity index (χ2v) is 5.26. The van der Waals surface area contributed by atoms with Crippen molar-refractivity contribution in [3.8, 4) is 10.6 Å². The zero-order valence-corrected chi connectivity index (χ0v) is 9.91. The minimum atomic E-state index is -0.914. The van der Waals surface area contributed by atoms with Crippen LogP contribution in [0.3, 0.4) is 0 Å². The third kappa shape index (κ3) is 2.08. The highest BCUT2D eigenvalue weighted by atomic mass is 32.1. The summed E-state index contributed by atoms with van der Waals surface area (Å²) in [7, 11) is 0. The van der Waals surface area contributed by atoms with E-state index in [-0.39, 0.29) is 4.88 Å². The molecule has 1 saturated carbocycles. The summed E-state index contributed by atoms with van der Waals surface area (Å²) in [5, 5.41) is 9.61. The minimum Gasteiger partial charge on any atom is -0.477 e. The van der Waals surface area contributed by atoms with E-state index in [1.54, 1.807) is 0 Å². The van der Waals surface area contributed by atoms with Crippen LogP contribution >= 0.6 is 11.3 Å². The van der Waals surface area contributed by atoms with Crippen LogP contribution in [-0.4, -0.2) is 16.1 Å². The first-order valence-electron chi connectivity index (χ1n) is 5.53. The van der Waals surface area contributed by atoms with Crippen molar-refractivity contribution < 1.29 is 9.90 Å². The lowest BCUT2D eigenvalue weighted by Gasteiger charge is -1.99. The molecule has 0 atom stereocenters. The van der Waals surface area contributed by atoms with Gasteiger partial charge in [0.2, 0.25) is 0 Å². The number of benzene rings is 1. The molecule has 0 bridgehead atoms. The third-order valence-corrected chi connectivity index (χ3v) is 3.96. The lowest BCUT2D eigenvalue weighted by Crippen LogP contribution is -1.89. The van der Waals surface area contributed by atoms with Crippen LogP contribution in [0.4, 0.5) is 0 Å². The van der Waals surface area contributed by atoms with Gasteiger partial charge < -0.3 is 5.11 Å². The Balaban J connectivity index is 1.88. The van der Waals surface area contributed by atoms with Crippen LogP contribution < -0.4 is 0 Å². The molecule has 1 aromatic heterocycles. The van der Waals surface area contributed by atoms with Gasteiger partial charge in [0, 0.05) is 5.56 Å². The number of carbonyl (C=O) groups is 1. The molecular formula is C13H11NO2S. The van der Waals surface area contributed by atoms with E-state index in [2.05, 4.69) is 17.1 Å². The Morgan fingerprint density at radius 2 is 2.00 bits per heavy atom. The van der Waals surface area contributed by atoms with Crippen LogP contribution in [0.15, 0.2) is 30.5 Å². The monoisotopic (exact) mass is 245 g/mol. The molecule has 3 rings (SSSR count). The van der Waals surface area contributed by atoms with E-state index in [1.807, 2.05) is 12.1 Å². The maximum absolute atomic E-state index is 10.8. The topological polar surface area (TPSA) is 50.2 Å². The van der Waals surface area contributed by atoms with Crippen LogP contribution in [0, 0.1) is 0 Å². The number of thiazole rings is 1. The van der Waals surface area contributed by atoms with Gasteiger partial charge in [-0.15, -0.1) is 11.3 Å². The van der Waals surface area contributed by atoms with Gasteiger partial charge in [0.25, 0.3) is 0 Å². The van der Waals surface area contributed by atoms with Crippen molar-refractivity contribution in [1.29, 1.82) is 0 Å². The first-order valence-corrected chi connectivity index (χ1v) is 6.35. The summed E-state index contributed by atoms with van der Waals surface area (Å²) in [6, 6.07) is 8.29. The Morgan fingerprint density at radius 1 is 1.29 bits per heavy atom. The zero-order chi connectivity index (χ0) is 11.8. The predicted octanol–water partition coefficient (Wildman–Crippen LogP) is 3.39. The maximum Gasteiger partial charge on any atom is 0.347 e. The molecule has 4 heteroatoms. The quantitative estimate of drug-likeness (QED) is 0.901. The number of aromatic carboxylic acids is 1. The minimum absolute atomic E-state index is 0.284. The Kier molecular flexibility index (Phi) is 2.44. The fraction of sp³-hybridized carbons (Fsp3) is 0.231. The van der Waals surface area contributed by atoms with Gasteiger partial charge >= 0.3 is 5.97 Å². The lowest BCUT2D eigenvalue weighted by molar-refractivity contribution is 0.0702. The molecule has 0 spiro atoms. The molecule has 2 aromatic rings. The van der Waals surface area contributed by atoms with Gasteiger partial charge in [0.05, 0.1) is 6.20 Å². The third-order valence-electron chi connectivity index (χ3n) is 2.92. The fourth-order valence-corrected chi connectivity index (χ4v) is 2.58. The molecule has 86 valence electrons. The molecule has 0 saturated heterocycles. The van der Waals surface area contributed by atoms with Crippen molar-refractivity contribution in [3.63, 3.8) is 0 Å². The van der Waals surface area contributed by atoms with Crippen molar-refractivity contribution in [2.75, 3.05) is 0 Å². The van der Waals surface area contributed by atoms with Gasteiger partial charge in [-0.1, -0.05) is 24.3 Å². The number of carboxylic acids is 1. The second-order valence-electron chi connectivity index (χ2n) is 4.23. The highest BCUT2D eigenvalue weighted by molar-refractivity contribution is 7.16. The van der Waals surface area contributed by atoms with Gasteiger partial charge in [-0.2, -0.15) is 0 Å². The smallest absolute Gasteiger partial charge is 0.347 e. The molecule has 0 radical (unpaired) electrons. The largest absolute Gasteiger partial charge is 0.477 e. The van der Waals surface area contributed by atoms with E-state index in [0.717, 1.165) is 16.5 Å². The molecular weight excluding hydrogens is 234 g/mol. The van der Waals surface area contributed by atoms with E-state index in [9.17, 15) is 4.79 Å². The zero-order valence-electron chi connectivity index (χ0n) is 9.09. The van der Waals surface area contributed by atoms with Crippen molar-refractivity contribution in [3.05, 3.63) is 40.9 Å². The Hall–Kier alpha value is -1.68. The molecule has 1 heterocycles. The van der Waals surface area contributed by atoms with Crippen LogP contribution in [0.2, 0.25) is 0 Å². The van der Waals surface area contributed by atoms with Crippen molar-refractivity contribution >= 4 is 17.3 Å². The van der Waals surface area contributed by atoms with Gasteiger partial charge in [0.15, 0.2) is 0 Å². The van der Waals surface area contributed by atoms with Crippen LogP contribution in [-0.2, 0) is 0 Å². The number of rotatable bonds is 3. The Morgan fingerprint density at radius 3 is 2.53 bits per heavy atom. The molecule has 1 aromatic carbocycles. The average molecular weight is 245 g/mol. The first kappa shape index (κ1) is 10.5. The van der Waals surface area contributed by atoms with Gasteiger partial charge in [-0.05, 0) is 24.3 Å². The van der Waals surface area contributed by atoms with Crippen molar-refractivity contribution in [2.45, 2.75) is 18.8 Å². The number of hydrogen-bond acceptors (Lipinski definition) is 3. The van der Waals surface area contributed by atoms with E-state index in [1.165, 1.54) is 35.9 Å². The average Bonchev–Trinajstić information content (AvgIpc) is 3.06. The number of nitrogens with zero attached hydrogens (tertiary/aromatic N) is 1. The van der Waals surface area contributed by atoms with Crippen LogP contribution in [0.5, 0.6) is 0 Å². The first-order chi connectivity index (χ1) is 8.24. The summed E-state index contributed by atoms with van der Waals surface area (Å²) in [6.45, 7) is 0. The lowest BCUT2D eigenvalue weighted by atomic mass is 10.1. The summed E-state index contributed by atoms with van der Waals surface area (Å²) >= 11 is 1.21. The number of carboxylic acid groups (broad SMARTS) is 1. The highest BCUT2D eigenvalue weighted by Crippen LogP contribution is 2.40. The molecule has 1 aliphatic carbocycles. The summed E-state index contributed by atoms with van der Waals surface area (Å²) in [6.07, 6.45) is 4.00. The predicted molar refractivity (Wildman–Crippen MR) is 66.5 cm³/mol. The van der Waals surface area contributed by atoms with E-state index in [4.69, 9.17) is 5.11 Å². The number of aromatic nitrogens is 1. The molecule has 17 heavy (non-hydrogen) atoms. The van der Waals surface area contributed by atoms with Gasteiger partial charge in [-0.3, -0.25) is 0 Å². The normalized spacial score (nSPS) is 14.8. The molecule has 0 amide bonds. The Labute approximate surface area is 103 Å². The molecule has 1 fully saturated rings. The Bertz CT molecular complexity index is 555. The van der Waals surface area contributed by atoms with E-state index in [0.29, 0.717) is 0 Å². The summed E-state index contributed by atoms with van der Waals surface area (Å²) in [5.41, 5.74) is 2.37. The summed E-state index contributed by atoms with van der Waals surface area (Å²) in [4.78, 5) is 15.2. The maximum atomic E-state index is 10.8. The van der Waals surface area contributed by atoms with E-state index >= 15 is 0 Å². The summed E-state index contributed by atoms with van der Waals surface area (Å²) in [5.74, 6) is -0.168. The van der Waals surface area contributed by atoms with Gasteiger partial charge in [-0.25, -0.2) is 9.78 Å². The van der Waals surface area contributed by atoms with Crippen molar-refractivity contribution in [2.24, 2.45) is 0 Å². The number of hydrogen-bond donors (Lipinski definition) is 1. The second kappa shape index (κ2) is 3.96. The van der Waals surface area contributed by atoms with E-state index < -0.39 is 5.97 Å². The van der Waals surface area contributed by atoms with Crippen molar-refractivity contribution in [1.82, 2.24) is 4.98 Å². The molecule has 0 unspecified atom stereocenters. The standard InChI is InChI=1S/C13H11NO2S/c15-13(16)11-7-14-12(17-11)10-5-3-9(4-6-10)8-1-2-8/h3-8H,1-2H2,(H,15,16). The summed E-state index contributed by atoms with van der Waals surface area (Å²) < 4.78 is 0. The molecule has 3 nitrogen and oxygen atoms in total. The van der Waals surface area contributed by atoms with Crippen LogP contribution in [0.1, 0.15) is 34.0 Å². The van der Waals surface area contributed by atoms with Crippen LogP contribution in [0.25, 0.3) is 10.6 Å². The molecule has 1 N–H and O–H groups in total. The fourth-order valence-electron chi connectivity index (χ4n) is 1.82. The highest BCUT2D eigenvalue weighted by Gasteiger charge is 2.23. The molecule has 1 aliphatic rings. The SMILES string of the molecule is O=C(O)c1cnc(-c2ccc(C3CC3)cc2)s1. The van der Waals surface area contributed by atoms with Gasteiger partial charge in [0.1, 0.15) is 9.88 Å². The molecule has 0 aliphatic heterocycles.